The van der Waals surface area contributed by atoms with Gasteiger partial charge in [-0.15, -0.1) is 0 Å². The van der Waals surface area contributed by atoms with Crippen LogP contribution < -0.4 is 9.47 Å². The highest BCUT2D eigenvalue weighted by atomic mass is 35.5. The average molecular weight is 293 g/mol. The van der Waals surface area contributed by atoms with Gasteiger partial charge in [-0.25, -0.2) is 0 Å². The molecule has 1 N–H and O–H groups in total. The molecule has 20 heavy (non-hydrogen) atoms. The minimum Gasteiger partial charge on any atom is -0.493 e. The van der Waals surface area contributed by atoms with Crippen LogP contribution in [0.5, 0.6) is 11.5 Å². The summed E-state index contributed by atoms with van der Waals surface area (Å²) >= 11 is 5.84. The lowest BCUT2D eigenvalue weighted by Gasteiger charge is -2.13. The Balaban J connectivity index is 2.15. The molecule has 0 heterocycles. The monoisotopic (exact) mass is 292 g/mol. The third kappa shape index (κ3) is 3.44. The van der Waals surface area contributed by atoms with Gasteiger partial charge in [0.2, 0.25) is 0 Å². The Bertz CT molecular complexity index is 566. The molecule has 0 spiro atoms. The summed E-state index contributed by atoms with van der Waals surface area (Å²) in [7, 11) is 3.19. The van der Waals surface area contributed by atoms with Crippen molar-refractivity contribution in [3.05, 3.63) is 58.6 Å². The van der Waals surface area contributed by atoms with E-state index in [4.69, 9.17) is 21.1 Å². The molecule has 2 rings (SSSR count). The standard InChI is InChI=1S/C16H17ClO3/c1-19-15-8-3-11(10-16(15)20-2)9-14(18)12-4-6-13(17)7-5-12/h3-8,10,14,18H,9H2,1-2H3. The molecule has 106 valence electrons. The predicted molar refractivity (Wildman–Crippen MR) is 79.7 cm³/mol. The molecule has 0 saturated carbocycles. The molecular formula is C16H17ClO3. The van der Waals surface area contributed by atoms with Crippen molar-refractivity contribution >= 4 is 11.6 Å². The second-order valence-corrected chi connectivity index (χ2v) is 4.90. The molecule has 1 unspecified atom stereocenters. The fraction of sp³-hybridized carbons (Fsp3) is 0.250. The molecule has 1 atom stereocenters. The quantitative estimate of drug-likeness (QED) is 0.914. The third-order valence-electron chi connectivity index (χ3n) is 3.13. The van der Waals surface area contributed by atoms with E-state index in [0.29, 0.717) is 22.9 Å². The van der Waals surface area contributed by atoms with Crippen LogP contribution in [-0.4, -0.2) is 19.3 Å². The van der Waals surface area contributed by atoms with Gasteiger partial charge in [-0.1, -0.05) is 29.8 Å². The molecule has 2 aromatic rings. The summed E-state index contributed by atoms with van der Waals surface area (Å²) in [6.45, 7) is 0. The first-order chi connectivity index (χ1) is 9.63. The summed E-state index contributed by atoms with van der Waals surface area (Å²) in [5, 5.41) is 10.9. The Hall–Kier alpha value is -1.71. The number of benzene rings is 2. The van der Waals surface area contributed by atoms with Crippen LogP contribution in [0.2, 0.25) is 5.02 Å². The summed E-state index contributed by atoms with van der Waals surface area (Å²) in [5.74, 6) is 1.34. The van der Waals surface area contributed by atoms with Crippen molar-refractivity contribution in [2.75, 3.05) is 14.2 Å². The number of aliphatic hydroxyl groups excluding tert-OH is 1. The van der Waals surface area contributed by atoms with Crippen LogP contribution in [0.3, 0.4) is 0 Å². The van der Waals surface area contributed by atoms with Crippen LogP contribution >= 0.6 is 11.6 Å². The highest BCUT2D eigenvalue weighted by Gasteiger charge is 2.11. The highest BCUT2D eigenvalue weighted by molar-refractivity contribution is 6.30. The molecule has 0 aliphatic carbocycles. The second kappa shape index (κ2) is 6.64. The topological polar surface area (TPSA) is 38.7 Å². The van der Waals surface area contributed by atoms with Gasteiger partial charge in [0, 0.05) is 11.4 Å². The van der Waals surface area contributed by atoms with Crippen molar-refractivity contribution < 1.29 is 14.6 Å². The van der Waals surface area contributed by atoms with Crippen LogP contribution in [0.15, 0.2) is 42.5 Å². The van der Waals surface area contributed by atoms with E-state index in [1.165, 1.54) is 0 Å². The highest BCUT2D eigenvalue weighted by Crippen LogP contribution is 2.29. The van der Waals surface area contributed by atoms with Crippen LogP contribution in [0, 0.1) is 0 Å². The van der Waals surface area contributed by atoms with Crippen LogP contribution in [0.4, 0.5) is 0 Å². The molecule has 0 fully saturated rings. The average Bonchev–Trinajstić information content (AvgIpc) is 2.47. The number of hydrogen-bond acceptors (Lipinski definition) is 3. The Kier molecular flexibility index (Phi) is 4.88. The lowest BCUT2D eigenvalue weighted by molar-refractivity contribution is 0.178. The largest absolute Gasteiger partial charge is 0.493 e. The van der Waals surface area contributed by atoms with Gasteiger partial charge in [-0.3, -0.25) is 0 Å². The van der Waals surface area contributed by atoms with E-state index < -0.39 is 6.10 Å². The number of ether oxygens (including phenoxy) is 2. The molecule has 0 aliphatic heterocycles. The van der Waals surface area contributed by atoms with Crippen molar-refractivity contribution in [1.29, 1.82) is 0 Å². The van der Waals surface area contributed by atoms with Gasteiger partial charge in [0.1, 0.15) is 0 Å². The fourth-order valence-electron chi connectivity index (χ4n) is 2.03. The normalized spacial score (nSPS) is 12.0. The van der Waals surface area contributed by atoms with Crippen LogP contribution in [-0.2, 0) is 6.42 Å². The number of aliphatic hydroxyl groups is 1. The molecule has 0 amide bonds. The first-order valence-electron chi connectivity index (χ1n) is 6.28. The molecule has 0 aliphatic rings. The van der Waals surface area contributed by atoms with E-state index in [9.17, 15) is 5.11 Å². The van der Waals surface area contributed by atoms with E-state index in [2.05, 4.69) is 0 Å². The van der Waals surface area contributed by atoms with Gasteiger partial charge in [-0.2, -0.15) is 0 Å². The van der Waals surface area contributed by atoms with Crippen molar-refractivity contribution in [2.45, 2.75) is 12.5 Å². The third-order valence-corrected chi connectivity index (χ3v) is 3.38. The Labute approximate surface area is 123 Å². The number of halogens is 1. The van der Waals surface area contributed by atoms with Gasteiger partial charge in [0.25, 0.3) is 0 Å². The minimum absolute atomic E-state index is 0.502. The van der Waals surface area contributed by atoms with Crippen LogP contribution in [0.25, 0.3) is 0 Å². The first-order valence-corrected chi connectivity index (χ1v) is 6.66. The maximum atomic E-state index is 10.2. The number of methoxy groups -OCH3 is 2. The van der Waals surface area contributed by atoms with E-state index >= 15 is 0 Å². The fourth-order valence-corrected chi connectivity index (χ4v) is 2.16. The maximum absolute atomic E-state index is 10.2. The van der Waals surface area contributed by atoms with Crippen molar-refractivity contribution in [2.24, 2.45) is 0 Å². The SMILES string of the molecule is COc1ccc(CC(O)c2ccc(Cl)cc2)cc1OC. The summed E-state index contributed by atoms with van der Waals surface area (Å²) in [6, 6.07) is 12.8. The zero-order valence-corrected chi connectivity index (χ0v) is 12.2. The van der Waals surface area contributed by atoms with Gasteiger partial charge in [-0.05, 0) is 35.4 Å². The van der Waals surface area contributed by atoms with Gasteiger partial charge >= 0.3 is 0 Å². The summed E-state index contributed by atoms with van der Waals surface area (Å²) in [5.41, 5.74) is 1.81. The van der Waals surface area contributed by atoms with Gasteiger partial charge in [0.15, 0.2) is 11.5 Å². The van der Waals surface area contributed by atoms with E-state index in [1.807, 2.05) is 30.3 Å². The number of rotatable bonds is 5. The van der Waals surface area contributed by atoms with Crippen LogP contribution in [0.1, 0.15) is 17.2 Å². The number of hydrogen-bond donors (Lipinski definition) is 1. The Morgan fingerprint density at radius 2 is 1.65 bits per heavy atom. The zero-order chi connectivity index (χ0) is 14.5. The molecule has 0 saturated heterocycles. The van der Waals surface area contributed by atoms with E-state index in [-0.39, 0.29) is 0 Å². The lowest BCUT2D eigenvalue weighted by atomic mass is 10.0. The van der Waals surface area contributed by atoms with Crippen molar-refractivity contribution in [3.8, 4) is 11.5 Å². The van der Waals surface area contributed by atoms with Crippen molar-refractivity contribution in [3.63, 3.8) is 0 Å². The maximum Gasteiger partial charge on any atom is 0.160 e. The molecule has 2 aromatic carbocycles. The Morgan fingerprint density at radius 1 is 1.00 bits per heavy atom. The first kappa shape index (κ1) is 14.7. The smallest absolute Gasteiger partial charge is 0.160 e. The van der Waals surface area contributed by atoms with E-state index in [1.54, 1.807) is 26.4 Å². The van der Waals surface area contributed by atoms with E-state index in [0.717, 1.165) is 11.1 Å². The summed E-state index contributed by atoms with van der Waals surface area (Å²) in [4.78, 5) is 0. The lowest BCUT2D eigenvalue weighted by Crippen LogP contribution is -2.02. The summed E-state index contributed by atoms with van der Waals surface area (Å²) < 4.78 is 10.4. The molecule has 4 heteroatoms. The predicted octanol–water partition coefficient (Wildman–Crippen LogP) is 3.63. The molecule has 3 nitrogen and oxygen atoms in total. The molecule has 0 radical (unpaired) electrons. The second-order valence-electron chi connectivity index (χ2n) is 4.46. The summed E-state index contributed by atoms with van der Waals surface area (Å²) in [6.07, 6.45) is -0.0764. The Morgan fingerprint density at radius 3 is 2.25 bits per heavy atom. The molecule has 0 aromatic heterocycles. The van der Waals surface area contributed by atoms with Crippen molar-refractivity contribution in [1.82, 2.24) is 0 Å². The minimum atomic E-state index is -0.578. The van der Waals surface area contributed by atoms with Gasteiger partial charge in [0.05, 0.1) is 20.3 Å². The molecule has 0 bridgehead atoms. The zero-order valence-electron chi connectivity index (χ0n) is 11.5. The molecular weight excluding hydrogens is 276 g/mol. The van der Waals surface area contributed by atoms with Gasteiger partial charge < -0.3 is 14.6 Å².